The van der Waals surface area contributed by atoms with Crippen LogP contribution < -0.4 is 5.32 Å². The minimum absolute atomic E-state index is 0.0213. The van der Waals surface area contributed by atoms with Gasteiger partial charge in [-0.25, -0.2) is 4.68 Å². The third-order valence-corrected chi connectivity index (χ3v) is 5.45. The highest BCUT2D eigenvalue weighted by atomic mass is 32.2. The quantitative estimate of drug-likeness (QED) is 0.830. The van der Waals surface area contributed by atoms with Gasteiger partial charge in [-0.05, 0) is 49.9 Å². The van der Waals surface area contributed by atoms with Crippen molar-refractivity contribution in [3.8, 4) is 0 Å². The Morgan fingerprint density at radius 3 is 2.78 bits per heavy atom. The average molecular weight is 329 g/mol. The van der Waals surface area contributed by atoms with E-state index in [1.807, 2.05) is 10.7 Å². The Kier molecular flexibility index (Phi) is 5.06. The summed E-state index contributed by atoms with van der Waals surface area (Å²) >= 11 is 1.57. The van der Waals surface area contributed by atoms with Crippen molar-refractivity contribution in [3.05, 3.63) is 41.6 Å². The van der Waals surface area contributed by atoms with Crippen molar-refractivity contribution in [2.75, 3.05) is 11.1 Å². The smallest absolute Gasteiger partial charge is 0.235 e. The fourth-order valence-corrected chi connectivity index (χ4v) is 3.78. The largest absolute Gasteiger partial charge is 0.310 e. The highest BCUT2D eigenvalue weighted by molar-refractivity contribution is 8.00. The van der Waals surface area contributed by atoms with Crippen molar-refractivity contribution < 1.29 is 4.79 Å². The second kappa shape index (κ2) is 7.21. The Bertz CT molecular complexity index is 689. The zero-order valence-electron chi connectivity index (χ0n) is 13.7. The Labute approximate surface area is 141 Å². The van der Waals surface area contributed by atoms with E-state index in [0.717, 1.165) is 23.6 Å². The van der Waals surface area contributed by atoms with Crippen molar-refractivity contribution in [1.82, 2.24) is 9.78 Å². The lowest BCUT2D eigenvalue weighted by atomic mass is 10.1. The third-order valence-electron chi connectivity index (χ3n) is 4.46. The van der Waals surface area contributed by atoms with Gasteiger partial charge in [0.25, 0.3) is 0 Å². The number of rotatable bonds is 5. The van der Waals surface area contributed by atoms with Crippen LogP contribution in [0.2, 0.25) is 0 Å². The van der Waals surface area contributed by atoms with Crippen LogP contribution in [-0.4, -0.2) is 21.4 Å². The number of nitrogens with one attached hydrogen (secondary N) is 1. The summed E-state index contributed by atoms with van der Waals surface area (Å²) in [4.78, 5) is 13.4. The second-order valence-electron chi connectivity index (χ2n) is 6.18. The number of thioether (sulfide) groups is 1. The molecule has 1 aromatic carbocycles. The fraction of sp³-hybridized carbons (Fsp3) is 0.444. The third kappa shape index (κ3) is 3.96. The van der Waals surface area contributed by atoms with E-state index in [9.17, 15) is 4.79 Å². The van der Waals surface area contributed by atoms with Gasteiger partial charge in [-0.15, -0.1) is 11.8 Å². The van der Waals surface area contributed by atoms with Crippen LogP contribution in [0, 0.1) is 13.8 Å². The van der Waals surface area contributed by atoms with E-state index in [-0.39, 0.29) is 5.91 Å². The molecule has 1 fully saturated rings. The number of anilines is 1. The van der Waals surface area contributed by atoms with Crippen LogP contribution in [0.1, 0.15) is 42.9 Å². The summed E-state index contributed by atoms with van der Waals surface area (Å²) in [5, 5.41) is 7.39. The zero-order chi connectivity index (χ0) is 16.2. The van der Waals surface area contributed by atoms with Crippen molar-refractivity contribution in [2.24, 2.45) is 0 Å². The molecule has 0 unspecified atom stereocenters. The predicted octanol–water partition coefficient (Wildman–Crippen LogP) is 4.35. The highest BCUT2D eigenvalue weighted by Crippen LogP contribution is 2.31. The molecule has 1 aliphatic rings. The average Bonchev–Trinajstić information content (AvgIpc) is 3.19. The van der Waals surface area contributed by atoms with Crippen LogP contribution in [0.4, 0.5) is 5.82 Å². The number of carbonyl (C=O) groups is 1. The van der Waals surface area contributed by atoms with Gasteiger partial charge in [-0.1, -0.05) is 18.9 Å². The maximum atomic E-state index is 12.2. The minimum Gasteiger partial charge on any atom is -0.310 e. The summed E-state index contributed by atoms with van der Waals surface area (Å²) in [6.07, 6.45) is 6.58. The maximum Gasteiger partial charge on any atom is 0.235 e. The summed E-state index contributed by atoms with van der Waals surface area (Å²) in [5.41, 5.74) is 2.54. The molecule has 5 heteroatoms. The van der Waals surface area contributed by atoms with E-state index < -0.39 is 0 Å². The molecule has 1 heterocycles. The van der Waals surface area contributed by atoms with E-state index in [4.69, 9.17) is 0 Å². The summed E-state index contributed by atoms with van der Waals surface area (Å²) in [6.45, 7) is 4.19. The van der Waals surface area contributed by atoms with Crippen molar-refractivity contribution in [1.29, 1.82) is 0 Å². The number of hydrogen-bond donors (Lipinski definition) is 1. The molecule has 23 heavy (non-hydrogen) atoms. The monoisotopic (exact) mass is 329 g/mol. The number of aromatic nitrogens is 2. The number of nitrogens with zero attached hydrogens (tertiary/aromatic N) is 2. The lowest BCUT2D eigenvalue weighted by molar-refractivity contribution is -0.113. The Hall–Kier alpha value is -1.75. The van der Waals surface area contributed by atoms with Gasteiger partial charge in [0, 0.05) is 11.0 Å². The molecule has 0 radical (unpaired) electrons. The van der Waals surface area contributed by atoms with Crippen LogP contribution in [0.5, 0.6) is 0 Å². The van der Waals surface area contributed by atoms with E-state index in [1.54, 1.807) is 18.0 Å². The molecule has 0 aliphatic heterocycles. The van der Waals surface area contributed by atoms with Gasteiger partial charge in [-0.3, -0.25) is 4.79 Å². The summed E-state index contributed by atoms with van der Waals surface area (Å²) in [5.74, 6) is 1.26. The zero-order valence-corrected chi connectivity index (χ0v) is 14.5. The molecular weight excluding hydrogens is 306 g/mol. The molecule has 3 rings (SSSR count). The molecular formula is C18H23N3OS. The van der Waals surface area contributed by atoms with Gasteiger partial charge in [0.2, 0.25) is 5.91 Å². The van der Waals surface area contributed by atoms with Gasteiger partial charge in [0.05, 0.1) is 18.0 Å². The molecule has 0 atom stereocenters. The number of benzene rings is 1. The molecule has 1 N–H and O–H groups in total. The summed E-state index contributed by atoms with van der Waals surface area (Å²) < 4.78 is 1.98. The molecule has 0 spiro atoms. The van der Waals surface area contributed by atoms with E-state index in [0.29, 0.717) is 11.8 Å². The molecule has 1 amide bonds. The van der Waals surface area contributed by atoms with E-state index >= 15 is 0 Å². The first-order chi connectivity index (χ1) is 11.1. The molecule has 0 bridgehead atoms. The SMILES string of the molecule is Cc1ccc(SCC(=O)Nc2ccnn2C2CCCC2)cc1C. The summed E-state index contributed by atoms with van der Waals surface area (Å²) in [7, 11) is 0. The van der Waals surface area contributed by atoms with Crippen LogP contribution in [0.3, 0.4) is 0 Å². The Morgan fingerprint density at radius 2 is 2.04 bits per heavy atom. The van der Waals surface area contributed by atoms with Gasteiger partial charge < -0.3 is 5.32 Å². The van der Waals surface area contributed by atoms with E-state index in [1.165, 1.54) is 24.0 Å². The fourth-order valence-electron chi connectivity index (χ4n) is 2.98. The van der Waals surface area contributed by atoms with Gasteiger partial charge in [0.15, 0.2) is 0 Å². The van der Waals surface area contributed by atoms with Crippen LogP contribution in [0.25, 0.3) is 0 Å². The lowest BCUT2D eigenvalue weighted by Crippen LogP contribution is -2.19. The van der Waals surface area contributed by atoms with Gasteiger partial charge in [0.1, 0.15) is 5.82 Å². The Balaban J connectivity index is 1.57. The summed E-state index contributed by atoms with van der Waals surface area (Å²) in [6, 6.07) is 8.63. The first kappa shape index (κ1) is 16.1. The van der Waals surface area contributed by atoms with Crippen molar-refractivity contribution in [2.45, 2.75) is 50.5 Å². The normalized spacial score (nSPS) is 15.0. The first-order valence-electron chi connectivity index (χ1n) is 8.17. The molecule has 0 saturated heterocycles. The van der Waals surface area contributed by atoms with E-state index in [2.05, 4.69) is 42.5 Å². The van der Waals surface area contributed by atoms with Gasteiger partial charge in [-0.2, -0.15) is 5.10 Å². The standard InChI is InChI=1S/C18H23N3OS/c1-13-7-8-16(11-14(13)2)23-12-18(22)20-17-9-10-19-21(17)15-5-3-4-6-15/h7-11,15H,3-6,12H2,1-2H3,(H,20,22). The molecule has 2 aromatic rings. The van der Waals surface area contributed by atoms with Crippen molar-refractivity contribution in [3.63, 3.8) is 0 Å². The lowest BCUT2D eigenvalue weighted by Gasteiger charge is -2.14. The number of amides is 1. The Morgan fingerprint density at radius 1 is 1.26 bits per heavy atom. The topological polar surface area (TPSA) is 46.9 Å². The maximum absolute atomic E-state index is 12.2. The number of carbonyl (C=O) groups excluding carboxylic acids is 1. The van der Waals surface area contributed by atoms with Gasteiger partial charge >= 0.3 is 0 Å². The molecule has 1 saturated carbocycles. The minimum atomic E-state index is 0.0213. The predicted molar refractivity (Wildman–Crippen MR) is 95.0 cm³/mol. The number of hydrogen-bond acceptors (Lipinski definition) is 3. The molecule has 1 aromatic heterocycles. The molecule has 4 nitrogen and oxygen atoms in total. The highest BCUT2D eigenvalue weighted by Gasteiger charge is 2.20. The van der Waals surface area contributed by atoms with Crippen LogP contribution in [-0.2, 0) is 4.79 Å². The van der Waals surface area contributed by atoms with Crippen LogP contribution >= 0.6 is 11.8 Å². The first-order valence-corrected chi connectivity index (χ1v) is 9.15. The van der Waals surface area contributed by atoms with Crippen molar-refractivity contribution >= 4 is 23.5 Å². The molecule has 1 aliphatic carbocycles. The number of aryl methyl sites for hydroxylation is 2. The van der Waals surface area contributed by atoms with Crippen LogP contribution in [0.15, 0.2) is 35.4 Å². The second-order valence-corrected chi connectivity index (χ2v) is 7.23. The molecule has 122 valence electrons.